The number of hydrogen-bond donors (Lipinski definition) is 0. The summed E-state index contributed by atoms with van der Waals surface area (Å²) >= 11 is 0. The molecule has 0 N–H and O–H groups in total. The van der Waals surface area contributed by atoms with Crippen LogP contribution in [0.5, 0.6) is 0 Å². The molecule has 4 rings (SSSR count). The van der Waals surface area contributed by atoms with Crippen LogP contribution < -0.4 is 0 Å². The summed E-state index contributed by atoms with van der Waals surface area (Å²) in [4.78, 5) is 0. The van der Waals surface area contributed by atoms with Crippen LogP contribution in [0.2, 0.25) is 39.3 Å². The van der Waals surface area contributed by atoms with Gasteiger partial charge in [0.2, 0.25) is 16.6 Å². The molecule has 164 valence electrons. The molecule has 2 saturated carbocycles. The van der Waals surface area contributed by atoms with Crippen molar-refractivity contribution >= 4 is 25.2 Å². The van der Waals surface area contributed by atoms with Gasteiger partial charge in [-0.2, -0.15) is 0 Å². The third-order valence-electron chi connectivity index (χ3n) is 8.42. The van der Waals surface area contributed by atoms with Gasteiger partial charge in [0.25, 0.3) is 0 Å². The molecule has 2 fully saturated rings. The first-order valence-electron chi connectivity index (χ1n) is 12.4. The molecule has 4 atom stereocenters. The van der Waals surface area contributed by atoms with Gasteiger partial charge in [-0.25, -0.2) is 0 Å². The predicted molar refractivity (Wildman–Crippen MR) is 131 cm³/mol. The quantitative estimate of drug-likeness (QED) is 0.358. The van der Waals surface area contributed by atoms with E-state index in [0.717, 1.165) is 23.7 Å². The molecule has 0 amide bonds. The average molecular weight is 449 g/mol. The average Bonchev–Trinajstić information content (AvgIpc) is 3.37. The molecule has 4 aliphatic carbocycles. The fraction of sp³-hybridized carbons (Fsp3) is 0.833. The first-order chi connectivity index (χ1) is 13.5. The number of hydrogen-bond acceptors (Lipinski definition) is 2. The summed E-state index contributed by atoms with van der Waals surface area (Å²) in [5.74, 6) is 3.40. The zero-order valence-corrected chi connectivity index (χ0v) is 23.3. The summed E-state index contributed by atoms with van der Waals surface area (Å²) in [5.41, 5.74) is 3.56. The smallest absolute Gasteiger partial charge is 0.311 e. The highest BCUT2D eigenvalue weighted by molar-refractivity contribution is 6.92. The van der Waals surface area contributed by atoms with Gasteiger partial charge in [0, 0.05) is 0 Å². The Balaban J connectivity index is 1.55. The van der Waals surface area contributed by atoms with Crippen LogP contribution >= 0.6 is 0 Å². The van der Waals surface area contributed by atoms with Gasteiger partial charge in [-0.05, 0) is 114 Å². The Bertz CT molecular complexity index is 674. The zero-order valence-electron chi connectivity index (χ0n) is 20.3. The number of rotatable bonds is 8. The first kappa shape index (κ1) is 22.3. The summed E-state index contributed by atoms with van der Waals surface area (Å²) in [6.07, 6.45) is 11.0. The normalized spacial score (nSPS) is 32.3. The maximum absolute atomic E-state index is 7.15. The van der Waals surface area contributed by atoms with Crippen LogP contribution in [0.1, 0.15) is 65.2 Å². The molecular weight excluding hydrogens is 405 g/mol. The first-order valence-corrected chi connectivity index (χ1v) is 21.0. The SMILES string of the molecule is CCC1=C([Si](C)(C)O[Si](C)(C)O[Si](C)(C)C2=C(CC)C3CCC2C3)C2CCC1C2. The van der Waals surface area contributed by atoms with Gasteiger partial charge in [-0.3, -0.25) is 0 Å². The number of allylic oxidation sites excluding steroid dienone is 4. The van der Waals surface area contributed by atoms with Crippen LogP contribution in [0.25, 0.3) is 0 Å². The lowest BCUT2D eigenvalue weighted by atomic mass is 9.96. The van der Waals surface area contributed by atoms with Crippen molar-refractivity contribution in [2.24, 2.45) is 23.7 Å². The van der Waals surface area contributed by atoms with Crippen molar-refractivity contribution in [1.82, 2.24) is 0 Å². The van der Waals surface area contributed by atoms with Crippen LogP contribution in [0, 0.1) is 23.7 Å². The highest BCUT2D eigenvalue weighted by Gasteiger charge is 2.51. The second-order valence-electron chi connectivity index (χ2n) is 11.6. The van der Waals surface area contributed by atoms with Gasteiger partial charge in [-0.15, -0.1) is 0 Å². The van der Waals surface area contributed by atoms with Crippen LogP contribution in [0.3, 0.4) is 0 Å². The van der Waals surface area contributed by atoms with Crippen molar-refractivity contribution in [2.75, 3.05) is 0 Å². The molecule has 0 heterocycles. The lowest BCUT2D eigenvalue weighted by Crippen LogP contribution is -2.55. The third-order valence-corrected chi connectivity index (χ3v) is 20.5. The van der Waals surface area contributed by atoms with Gasteiger partial charge < -0.3 is 8.23 Å². The van der Waals surface area contributed by atoms with Crippen molar-refractivity contribution in [3.05, 3.63) is 21.5 Å². The van der Waals surface area contributed by atoms with Gasteiger partial charge in [0.15, 0.2) is 0 Å². The van der Waals surface area contributed by atoms with E-state index in [4.69, 9.17) is 8.23 Å². The maximum atomic E-state index is 7.15. The molecule has 0 spiro atoms. The summed E-state index contributed by atoms with van der Waals surface area (Å²) in [7, 11) is -6.00. The molecule has 0 aromatic carbocycles. The molecule has 0 aromatic heterocycles. The van der Waals surface area contributed by atoms with Crippen LogP contribution in [0.15, 0.2) is 21.5 Å². The Morgan fingerprint density at radius 2 is 0.966 bits per heavy atom. The Hall–Kier alpha value is 0.0506. The van der Waals surface area contributed by atoms with Crippen molar-refractivity contribution in [1.29, 1.82) is 0 Å². The molecule has 29 heavy (non-hydrogen) atoms. The Labute approximate surface area is 183 Å². The topological polar surface area (TPSA) is 18.5 Å². The monoisotopic (exact) mass is 448 g/mol. The fourth-order valence-corrected chi connectivity index (χ4v) is 24.2. The van der Waals surface area contributed by atoms with E-state index in [1.54, 1.807) is 21.5 Å². The molecule has 0 aromatic rings. The van der Waals surface area contributed by atoms with Gasteiger partial charge in [0.05, 0.1) is 0 Å². The van der Waals surface area contributed by atoms with E-state index in [9.17, 15) is 0 Å². The number of fused-ring (bicyclic) bond motifs is 4. The molecule has 0 saturated heterocycles. The van der Waals surface area contributed by atoms with Crippen molar-refractivity contribution in [3.8, 4) is 0 Å². The Morgan fingerprint density at radius 3 is 1.31 bits per heavy atom. The minimum atomic E-state index is -2.19. The Kier molecular flexibility index (Phi) is 5.81. The summed E-state index contributed by atoms with van der Waals surface area (Å²) in [6, 6.07) is 0. The Morgan fingerprint density at radius 1 is 0.621 bits per heavy atom. The minimum absolute atomic E-state index is 0.826. The molecular formula is C24H44O2Si3. The summed E-state index contributed by atoms with van der Waals surface area (Å²) in [6.45, 7) is 19.3. The predicted octanol–water partition coefficient (Wildman–Crippen LogP) is 7.48. The van der Waals surface area contributed by atoms with E-state index < -0.39 is 25.2 Å². The van der Waals surface area contributed by atoms with Crippen LogP contribution in [-0.2, 0) is 8.23 Å². The van der Waals surface area contributed by atoms with E-state index in [1.807, 2.05) is 0 Å². The molecule has 0 radical (unpaired) electrons. The molecule has 4 aliphatic rings. The van der Waals surface area contributed by atoms with Gasteiger partial charge >= 0.3 is 8.56 Å². The molecule has 4 bridgehead atoms. The van der Waals surface area contributed by atoms with Crippen molar-refractivity contribution in [2.45, 2.75) is 104 Å². The van der Waals surface area contributed by atoms with Crippen molar-refractivity contribution < 1.29 is 8.23 Å². The highest BCUT2D eigenvalue weighted by atomic mass is 28.5. The largest absolute Gasteiger partial charge is 0.433 e. The van der Waals surface area contributed by atoms with Gasteiger partial charge in [-0.1, -0.05) is 35.4 Å². The van der Waals surface area contributed by atoms with E-state index in [2.05, 4.69) is 53.1 Å². The van der Waals surface area contributed by atoms with Crippen LogP contribution in [-0.4, -0.2) is 25.2 Å². The summed E-state index contributed by atoms with van der Waals surface area (Å²) in [5, 5.41) is 3.57. The van der Waals surface area contributed by atoms with E-state index >= 15 is 0 Å². The van der Waals surface area contributed by atoms with E-state index in [-0.39, 0.29) is 0 Å². The maximum Gasteiger partial charge on any atom is 0.311 e. The van der Waals surface area contributed by atoms with E-state index in [1.165, 1.54) is 51.4 Å². The second kappa shape index (κ2) is 7.58. The molecule has 2 nitrogen and oxygen atoms in total. The fourth-order valence-electron chi connectivity index (χ4n) is 8.16. The third kappa shape index (κ3) is 3.88. The summed E-state index contributed by atoms with van der Waals surface area (Å²) < 4.78 is 14.3. The second-order valence-corrected chi connectivity index (χ2v) is 23.2. The van der Waals surface area contributed by atoms with Crippen LogP contribution in [0.4, 0.5) is 0 Å². The van der Waals surface area contributed by atoms with Crippen molar-refractivity contribution in [3.63, 3.8) is 0 Å². The minimum Gasteiger partial charge on any atom is -0.433 e. The molecule has 4 unspecified atom stereocenters. The van der Waals surface area contributed by atoms with E-state index in [0.29, 0.717) is 0 Å². The standard InChI is InChI=1S/C24H44O2Si3/c1-9-21-17-11-13-19(15-17)23(21)27(3,4)25-29(7,8)26-28(5,6)24-20-14-12-18(16-20)22(24)10-2/h17-20H,9-16H2,1-8H3. The zero-order chi connectivity index (χ0) is 21.2. The highest BCUT2D eigenvalue weighted by Crippen LogP contribution is 2.54. The van der Waals surface area contributed by atoms with Gasteiger partial charge in [0.1, 0.15) is 0 Å². The molecule has 5 heteroatoms. The molecule has 0 aliphatic heterocycles. The lowest BCUT2D eigenvalue weighted by molar-refractivity contribution is 0.390. The lowest BCUT2D eigenvalue weighted by Gasteiger charge is -2.43.